The summed E-state index contributed by atoms with van der Waals surface area (Å²) < 4.78 is 0.744. The molecule has 0 fully saturated rings. The molecule has 0 atom stereocenters. The van der Waals surface area contributed by atoms with Gasteiger partial charge in [-0.3, -0.25) is 9.78 Å². The van der Waals surface area contributed by atoms with Crippen LogP contribution in [0, 0.1) is 0 Å². The van der Waals surface area contributed by atoms with Gasteiger partial charge in [-0.25, -0.2) is 0 Å². The minimum absolute atomic E-state index is 0.114. The summed E-state index contributed by atoms with van der Waals surface area (Å²) >= 11 is 3.20. The van der Waals surface area contributed by atoms with E-state index in [0.717, 1.165) is 15.4 Å². The molecule has 1 aromatic carbocycles. The van der Waals surface area contributed by atoms with Crippen molar-refractivity contribution in [3.63, 3.8) is 0 Å². The molecule has 17 heavy (non-hydrogen) atoms. The molecule has 1 aromatic heterocycles. The quantitative estimate of drug-likeness (QED) is 0.944. The smallest absolute Gasteiger partial charge is 0.251 e. The SMILES string of the molecule is C=C(Br)CNC(=O)c1ccc2ncccc2c1. The molecule has 0 aliphatic carbocycles. The monoisotopic (exact) mass is 290 g/mol. The summed E-state index contributed by atoms with van der Waals surface area (Å²) in [5.41, 5.74) is 1.51. The molecule has 1 N–H and O–H groups in total. The number of nitrogens with one attached hydrogen (secondary N) is 1. The van der Waals surface area contributed by atoms with Gasteiger partial charge in [0.2, 0.25) is 0 Å². The van der Waals surface area contributed by atoms with E-state index in [-0.39, 0.29) is 5.91 Å². The summed E-state index contributed by atoms with van der Waals surface area (Å²) in [6.07, 6.45) is 1.73. The number of pyridine rings is 1. The second-order valence-corrected chi connectivity index (χ2v) is 4.73. The molecule has 4 heteroatoms. The van der Waals surface area contributed by atoms with E-state index >= 15 is 0 Å². The van der Waals surface area contributed by atoms with Crippen molar-refractivity contribution in [2.45, 2.75) is 0 Å². The number of carbonyl (C=O) groups is 1. The summed E-state index contributed by atoms with van der Waals surface area (Å²) in [7, 11) is 0. The molecule has 0 saturated carbocycles. The maximum Gasteiger partial charge on any atom is 0.251 e. The van der Waals surface area contributed by atoms with Gasteiger partial charge in [0, 0.05) is 28.2 Å². The number of rotatable bonds is 3. The first kappa shape index (κ1) is 11.8. The Morgan fingerprint density at radius 2 is 2.24 bits per heavy atom. The minimum atomic E-state index is -0.114. The van der Waals surface area contributed by atoms with Crippen molar-refractivity contribution in [1.82, 2.24) is 10.3 Å². The Hall–Kier alpha value is -1.68. The van der Waals surface area contributed by atoms with Gasteiger partial charge in [-0.15, -0.1) is 0 Å². The first-order valence-electron chi connectivity index (χ1n) is 5.13. The molecule has 86 valence electrons. The summed E-state index contributed by atoms with van der Waals surface area (Å²) in [6.45, 7) is 4.08. The summed E-state index contributed by atoms with van der Waals surface area (Å²) in [5.74, 6) is -0.114. The van der Waals surface area contributed by atoms with Crippen LogP contribution in [0.4, 0.5) is 0 Å². The molecule has 0 aliphatic rings. The van der Waals surface area contributed by atoms with E-state index in [2.05, 4.69) is 32.8 Å². The lowest BCUT2D eigenvalue weighted by Gasteiger charge is -2.04. The normalized spacial score (nSPS) is 10.2. The van der Waals surface area contributed by atoms with Crippen LogP contribution >= 0.6 is 15.9 Å². The van der Waals surface area contributed by atoms with Crippen LogP contribution in [-0.2, 0) is 0 Å². The van der Waals surface area contributed by atoms with Crippen molar-refractivity contribution in [1.29, 1.82) is 0 Å². The van der Waals surface area contributed by atoms with Crippen LogP contribution in [0.3, 0.4) is 0 Å². The van der Waals surface area contributed by atoms with Crippen molar-refractivity contribution in [3.05, 3.63) is 53.2 Å². The van der Waals surface area contributed by atoms with Gasteiger partial charge in [0.1, 0.15) is 0 Å². The lowest BCUT2D eigenvalue weighted by atomic mass is 10.1. The maximum absolute atomic E-state index is 11.8. The summed E-state index contributed by atoms with van der Waals surface area (Å²) in [6, 6.07) is 9.22. The predicted octanol–water partition coefficient (Wildman–Crippen LogP) is 2.87. The number of nitrogens with zero attached hydrogens (tertiary/aromatic N) is 1. The van der Waals surface area contributed by atoms with E-state index in [4.69, 9.17) is 0 Å². The van der Waals surface area contributed by atoms with E-state index in [0.29, 0.717) is 12.1 Å². The number of amides is 1. The van der Waals surface area contributed by atoms with E-state index < -0.39 is 0 Å². The molecule has 0 bridgehead atoms. The van der Waals surface area contributed by atoms with E-state index in [9.17, 15) is 4.79 Å². The molecule has 0 aliphatic heterocycles. The number of fused-ring (bicyclic) bond motifs is 1. The van der Waals surface area contributed by atoms with Crippen LogP contribution in [0.2, 0.25) is 0 Å². The molecule has 0 radical (unpaired) electrons. The fourth-order valence-corrected chi connectivity index (χ4v) is 1.64. The fraction of sp³-hybridized carbons (Fsp3) is 0.0769. The highest BCUT2D eigenvalue weighted by Crippen LogP contribution is 2.13. The first-order chi connectivity index (χ1) is 8.16. The van der Waals surface area contributed by atoms with Crippen molar-refractivity contribution < 1.29 is 4.79 Å². The summed E-state index contributed by atoms with van der Waals surface area (Å²) in [4.78, 5) is 16.0. The Labute approximate surface area is 108 Å². The van der Waals surface area contributed by atoms with Crippen LogP contribution in [0.25, 0.3) is 10.9 Å². The van der Waals surface area contributed by atoms with Gasteiger partial charge in [0.05, 0.1) is 5.52 Å². The zero-order valence-electron chi connectivity index (χ0n) is 9.11. The van der Waals surface area contributed by atoms with Gasteiger partial charge < -0.3 is 5.32 Å². The predicted molar refractivity (Wildman–Crippen MR) is 72.1 cm³/mol. The molecule has 0 spiro atoms. The van der Waals surface area contributed by atoms with Crippen LogP contribution in [0.15, 0.2) is 47.6 Å². The van der Waals surface area contributed by atoms with Gasteiger partial charge >= 0.3 is 0 Å². The topological polar surface area (TPSA) is 42.0 Å². The molecule has 2 aromatic rings. The lowest BCUT2D eigenvalue weighted by Crippen LogP contribution is -2.24. The maximum atomic E-state index is 11.8. The number of halogens is 1. The number of hydrogen-bond acceptors (Lipinski definition) is 2. The van der Waals surface area contributed by atoms with Crippen LogP contribution < -0.4 is 5.32 Å². The number of hydrogen-bond donors (Lipinski definition) is 1. The third-order valence-electron chi connectivity index (χ3n) is 2.31. The Kier molecular flexibility index (Phi) is 3.54. The van der Waals surface area contributed by atoms with Crippen LogP contribution in [-0.4, -0.2) is 17.4 Å². The Morgan fingerprint density at radius 1 is 1.41 bits per heavy atom. The molecule has 3 nitrogen and oxygen atoms in total. The van der Waals surface area contributed by atoms with Gasteiger partial charge in [0.15, 0.2) is 0 Å². The van der Waals surface area contributed by atoms with E-state index in [1.165, 1.54) is 0 Å². The van der Waals surface area contributed by atoms with Gasteiger partial charge in [-0.2, -0.15) is 0 Å². The molecule has 0 saturated heterocycles. The Morgan fingerprint density at radius 3 is 3.00 bits per heavy atom. The van der Waals surface area contributed by atoms with Crippen LogP contribution in [0.5, 0.6) is 0 Å². The highest BCUT2D eigenvalue weighted by atomic mass is 79.9. The number of carbonyl (C=O) groups excluding carboxylic acids is 1. The molecule has 0 unspecified atom stereocenters. The number of benzene rings is 1. The standard InChI is InChI=1S/C13H11BrN2O/c1-9(14)8-16-13(17)11-4-5-12-10(7-11)3-2-6-15-12/h2-7H,1,8H2,(H,16,17). The molecule has 1 amide bonds. The van der Waals surface area contributed by atoms with E-state index in [1.807, 2.05) is 24.3 Å². The molecule has 1 heterocycles. The Bertz CT molecular complexity index is 580. The molecule has 2 rings (SSSR count). The minimum Gasteiger partial charge on any atom is -0.347 e. The van der Waals surface area contributed by atoms with Crippen molar-refractivity contribution >= 4 is 32.7 Å². The first-order valence-corrected chi connectivity index (χ1v) is 5.92. The summed E-state index contributed by atoms with van der Waals surface area (Å²) in [5, 5.41) is 3.71. The largest absolute Gasteiger partial charge is 0.347 e. The average molecular weight is 291 g/mol. The highest BCUT2D eigenvalue weighted by Gasteiger charge is 2.05. The third-order valence-corrected chi connectivity index (χ3v) is 2.59. The van der Waals surface area contributed by atoms with E-state index in [1.54, 1.807) is 12.3 Å². The van der Waals surface area contributed by atoms with Gasteiger partial charge in [0.25, 0.3) is 5.91 Å². The molecular weight excluding hydrogens is 280 g/mol. The second kappa shape index (κ2) is 5.10. The second-order valence-electron chi connectivity index (χ2n) is 3.61. The van der Waals surface area contributed by atoms with Crippen molar-refractivity contribution in [2.75, 3.05) is 6.54 Å². The highest BCUT2D eigenvalue weighted by molar-refractivity contribution is 9.11. The van der Waals surface area contributed by atoms with Gasteiger partial charge in [-0.1, -0.05) is 28.6 Å². The van der Waals surface area contributed by atoms with Crippen molar-refractivity contribution in [2.24, 2.45) is 0 Å². The zero-order valence-corrected chi connectivity index (χ0v) is 10.7. The van der Waals surface area contributed by atoms with Crippen molar-refractivity contribution in [3.8, 4) is 0 Å². The average Bonchev–Trinajstić information content (AvgIpc) is 2.35. The van der Waals surface area contributed by atoms with Gasteiger partial charge in [-0.05, 0) is 24.3 Å². The lowest BCUT2D eigenvalue weighted by molar-refractivity contribution is 0.0958. The Balaban J connectivity index is 2.24. The zero-order chi connectivity index (χ0) is 12.3. The van der Waals surface area contributed by atoms with Crippen LogP contribution in [0.1, 0.15) is 10.4 Å². The fourth-order valence-electron chi connectivity index (χ4n) is 1.50. The third kappa shape index (κ3) is 2.91. The molecular formula is C13H11BrN2O. The number of aromatic nitrogens is 1.